The number of nitrogens with one attached hydrogen (secondary N) is 1. The standard InChI is InChI=1S/C19H18N6O5S3.Na/c1-8-11(33-7-21-8)4-3-9-5-31-17-13(16(27)25(17)14(9)18(28)29)23-15(26)12(24-30-2)10-6-32-19(20)22-10;/h3-7,13-14,17H,1-2H3,(H2,20,22)(H,23,26)(H,28,29);/b4-3+,24-12-;. The second-order valence-electron chi connectivity index (χ2n) is 6.91. The minimum atomic E-state index is -1.16. The van der Waals surface area contributed by atoms with Gasteiger partial charge in [0.25, 0.3) is 5.91 Å². The monoisotopic (exact) mass is 529 g/mol. The van der Waals surface area contributed by atoms with E-state index in [-0.39, 0.29) is 46.1 Å². The van der Waals surface area contributed by atoms with Crippen LogP contribution in [-0.4, -0.2) is 97.6 Å². The zero-order chi connectivity index (χ0) is 23.7. The van der Waals surface area contributed by atoms with Gasteiger partial charge in [0.05, 0.1) is 11.2 Å². The Morgan fingerprint density at radius 1 is 1.35 bits per heavy atom. The Kier molecular flexibility index (Phi) is 8.54. The van der Waals surface area contributed by atoms with Crippen LogP contribution in [-0.2, 0) is 19.2 Å². The number of aliphatic carboxylic acids is 1. The summed E-state index contributed by atoms with van der Waals surface area (Å²) in [4.78, 5) is 52.7. The fraction of sp³-hybridized carbons (Fsp3) is 0.263. The van der Waals surface area contributed by atoms with Crippen LogP contribution in [0.4, 0.5) is 5.13 Å². The Morgan fingerprint density at radius 3 is 2.71 bits per heavy atom. The maximum atomic E-state index is 12.9. The second-order valence-corrected chi connectivity index (χ2v) is 9.68. The van der Waals surface area contributed by atoms with Gasteiger partial charge in [0.1, 0.15) is 24.2 Å². The molecule has 11 nitrogen and oxygen atoms in total. The average molecular weight is 530 g/mol. The molecule has 2 aromatic heterocycles. The van der Waals surface area contributed by atoms with Crippen LogP contribution in [0.1, 0.15) is 16.3 Å². The van der Waals surface area contributed by atoms with Crippen molar-refractivity contribution in [1.29, 1.82) is 0 Å². The van der Waals surface area contributed by atoms with E-state index in [1.165, 1.54) is 35.1 Å². The Labute approximate surface area is 228 Å². The van der Waals surface area contributed by atoms with Crippen LogP contribution in [0.15, 0.2) is 33.1 Å². The van der Waals surface area contributed by atoms with Gasteiger partial charge in [0.2, 0.25) is 5.91 Å². The Hall–Kier alpha value is -2.23. The van der Waals surface area contributed by atoms with E-state index in [1.54, 1.807) is 28.5 Å². The van der Waals surface area contributed by atoms with Gasteiger partial charge in [-0.25, -0.2) is 14.8 Å². The van der Waals surface area contributed by atoms with Crippen molar-refractivity contribution in [3.8, 4) is 0 Å². The average Bonchev–Trinajstić information content (AvgIpc) is 3.40. The van der Waals surface area contributed by atoms with Crippen LogP contribution in [0.25, 0.3) is 6.08 Å². The quantitative estimate of drug-likeness (QED) is 0.205. The first-order valence-electron chi connectivity index (χ1n) is 9.44. The van der Waals surface area contributed by atoms with Crippen molar-refractivity contribution in [2.75, 3.05) is 12.8 Å². The van der Waals surface area contributed by atoms with Crippen molar-refractivity contribution in [3.63, 3.8) is 0 Å². The third-order valence-electron chi connectivity index (χ3n) is 4.91. The zero-order valence-electron chi connectivity index (χ0n) is 18.3. The molecule has 0 spiro atoms. The molecule has 3 atom stereocenters. The molecular formula is C19H18N6NaO5S3. The molecule has 4 rings (SSSR count). The summed E-state index contributed by atoms with van der Waals surface area (Å²) >= 11 is 3.83. The number of rotatable bonds is 7. The van der Waals surface area contributed by atoms with Gasteiger partial charge >= 0.3 is 5.97 Å². The Balaban J connectivity index is 0.00000324. The molecule has 1 saturated heterocycles. The number of aromatic nitrogens is 2. The Bertz CT molecular complexity index is 1210. The number of carbonyl (C=O) groups excluding carboxylic acids is 2. The molecule has 2 aliphatic heterocycles. The summed E-state index contributed by atoms with van der Waals surface area (Å²) in [5, 5.41) is 19.0. The van der Waals surface area contributed by atoms with Gasteiger partial charge in [-0.2, -0.15) is 0 Å². The Morgan fingerprint density at radius 2 is 2.12 bits per heavy atom. The van der Waals surface area contributed by atoms with Crippen LogP contribution in [0.5, 0.6) is 0 Å². The number of hydrogen-bond acceptors (Lipinski definition) is 11. The number of nitrogens with two attached hydrogens (primary N) is 1. The molecular weight excluding hydrogens is 511 g/mol. The molecule has 0 saturated carbocycles. The number of β-lactam (4-membered cyclic amide) rings is 1. The van der Waals surface area contributed by atoms with Gasteiger partial charge in [-0.05, 0) is 24.0 Å². The maximum Gasteiger partial charge on any atom is 0.331 e. The summed E-state index contributed by atoms with van der Waals surface area (Å²) in [6.45, 7) is 1.86. The summed E-state index contributed by atoms with van der Waals surface area (Å²) in [5.74, 6) is -2.34. The van der Waals surface area contributed by atoms with E-state index in [0.29, 0.717) is 5.57 Å². The third-order valence-corrected chi connectivity index (χ3v) is 7.67. The molecule has 1 radical (unpaired) electrons. The number of carboxylic acids is 1. The molecule has 15 heteroatoms. The molecule has 0 aliphatic carbocycles. The van der Waals surface area contributed by atoms with Crippen LogP contribution in [0, 0.1) is 6.92 Å². The number of carbonyl (C=O) groups is 3. The molecule has 2 aromatic rings. The van der Waals surface area contributed by atoms with Gasteiger partial charge in [-0.1, -0.05) is 11.2 Å². The van der Waals surface area contributed by atoms with Gasteiger partial charge in [-0.3, -0.25) is 9.59 Å². The SMILES string of the molecule is CO/N=C(\C(=O)NC1C(=O)N2C(C(=O)O)C(/C=C/c3scnc3C)=CSC12)c1csc(N)n1.[Na]. The fourth-order valence-electron chi connectivity index (χ4n) is 3.35. The third kappa shape index (κ3) is 5.06. The molecule has 0 aromatic carbocycles. The van der Waals surface area contributed by atoms with Crippen molar-refractivity contribution in [3.05, 3.63) is 44.2 Å². The summed E-state index contributed by atoms with van der Waals surface area (Å²) in [6.07, 6.45) is 3.46. The number of anilines is 1. The largest absolute Gasteiger partial charge is 0.479 e. The number of thiazole rings is 2. The normalized spacial score (nSPS) is 21.9. The number of oxime groups is 1. The number of fused-ring (bicyclic) bond motifs is 1. The van der Waals surface area contributed by atoms with E-state index in [2.05, 4.69) is 20.4 Å². The van der Waals surface area contributed by atoms with Gasteiger partial charge in [0, 0.05) is 39.8 Å². The van der Waals surface area contributed by atoms with Crippen molar-refractivity contribution < 1.29 is 24.3 Å². The molecule has 3 unspecified atom stereocenters. The first-order chi connectivity index (χ1) is 15.8. The van der Waals surface area contributed by atoms with Gasteiger partial charge in [0.15, 0.2) is 16.9 Å². The van der Waals surface area contributed by atoms with Crippen LogP contribution >= 0.6 is 34.4 Å². The topological polar surface area (TPSA) is 160 Å². The summed E-state index contributed by atoms with van der Waals surface area (Å²) in [7, 11) is 1.28. The second kappa shape index (κ2) is 11.0. The number of carboxylic acid groups (broad SMARTS) is 1. The molecule has 34 heavy (non-hydrogen) atoms. The number of nitrogens with zero attached hydrogens (tertiary/aromatic N) is 4. The predicted octanol–water partition coefficient (Wildman–Crippen LogP) is 0.910. The summed E-state index contributed by atoms with van der Waals surface area (Å²) in [6, 6.07) is -2.08. The van der Waals surface area contributed by atoms with E-state index in [1.807, 2.05) is 6.92 Å². The number of hydrogen-bond donors (Lipinski definition) is 3. The first kappa shape index (κ1) is 26.4. The summed E-state index contributed by atoms with van der Waals surface area (Å²) < 4.78 is 0. The van der Waals surface area contributed by atoms with Crippen molar-refractivity contribution in [2.24, 2.45) is 5.16 Å². The molecule has 173 valence electrons. The van der Waals surface area contributed by atoms with Crippen LogP contribution < -0.4 is 11.1 Å². The fourth-order valence-corrected chi connectivity index (χ4v) is 5.79. The number of nitrogen functional groups attached to an aromatic ring is 1. The minimum Gasteiger partial charge on any atom is -0.479 e. The van der Waals surface area contributed by atoms with E-state index >= 15 is 0 Å². The minimum absolute atomic E-state index is 0. The van der Waals surface area contributed by atoms with Crippen molar-refractivity contribution >= 4 is 98.7 Å². The molecule has 0 bridgehead atoms. The van der Waals surface area contributed by atoms with Gasteiger partial charge in [-0.15, -0.1) is 34.4 Å². The van der Waals surface area contributed by atoms with Crippen molar-refractivity contribution in [2.45, 2.75) is 24.4 Å². The van der Waals surface area contributed by atoms with Crippen molar-refractivity contribution in [1.82, 2.24) is 20.2 Å². The van der Waals surface area contributed by atoms with E-state index < -0.39 is 35.2 Å². The first-order valence-corrected chi connectivity index (χ1v) is 12.1. The molecule has 2 amide bonds. The number of amides is 2. The molecule has 4 heterocycles. The predicted molar refractivity (Wildman–Crippen MR) is 131 cm³/mol. The van der Waals surface area contributed by atoms with Gasteiger partial charge < -0.3 is 25.9 Å². The molecule has 2 aliphatic rings. The van der Waals surface area contributed by atoms with Crippen LogP contribution in [0.2, 0.25) is 0 Å². The number of aryl methyl sites for hydroxylation is 1. The molecule has 4 N–H and O–H groups in total. The maximum absolute atomic E-state index is 12.9. The van der Waals surface area contributed by atoms with E-state index in [4.69, 9.17) is 10.6 Å². The summed E-state index contributed by atoms with van der Waals surface area (Å²) in [5.41, 5.74) is 8.72. The van der Waals surface area contributed by atoms with Crippen LogP contribution in [0.3, 0.4) is 0 Å². The van der Waals surface area contributed by atoms with E-state index in [9.17, 15) is 19.5 Å². The molecule has 1 fully saturated rings. The zero-order valence-corrected chi connectivity index (χ0v) is 22.7. The number of thioether (sulfide) groups is 1. The smallest absolute Gasteiger partial charge is 0.331 e. The van der Waals surface area contributed by atoms with E-state index in [0.717, 1.165) is 21.9 Å².